The van der Waals surface area contributed by atoms with Crippen LogP contribution in [-0.4, -0.2) is 18.2 Å². The van der Waals surface area contributed by atoms with Crippen molar-refractivity contribution in [2.24, 2.45) is 7.05 Å². The fourth-order valence-corrected chi connectivity index (χ4v) is 4.08. The van der Waals surface area contributed by atoms with Crippen LogP contribution in [0.2, 0.25) is 0 Å². The van der Waals surface area contributed by atoms with E-state index in [9.17, 15) is 8.42 Å². The van der Waals surface area contributed by atoms with Crippen molar-refractivity contribution in [2.45, 2.75) is 11.8 Å². The molecule has 0 bridgehead atoms. The van der Waals surface area contributed by atoms with E-state index in [4.69, 9.17) is 0 Å². The summed E-state index contributed by atoms with van der Waals surface area (Å²) < 4.78 is 30.1. The fraction of sp³-hybridized carbons (Fsp3) is 0.182. The minimum atomic E-state index is -3.64. The molecule has 0 aliphatic carbocycles. The average Bonchev–Trinajstić information content (AvgIpc) is 2.64. The van der Waals surface area contributed by atoms with Gasteiger partial charge in [0.2, 0.25) is 0 Å². The van der Waals surface area contributed by atoms with Crippen LogP contribution in [-0.2, 0) is 17.1 Å². The van der Waals surface area contributed by atoms with Crippen molar-refractivity contribution in [3.05, 3.63) is 39.0 Å². The lowest BCUT2D eigenvalue weighted by Crippen LogP contribution is -2.14. The highest BCUT2D eigenvalue weighted by Gasteiger charge is 2.20. The van der Waals surface area contributed by atoms with Gasteiger partial charge in [-0.3, -0.25) is 9.40 Å². The number of aryl methyl sites for hydroxylation is 1. The molecule has 0 fully saturated rings. The van der Waals surface area contributed by atoms with Crippen LogP contribution >= 0.6 is 31.9 Å². The third-order valence-electron chi connectivity index (χ3n) is 2.66. The second-order valence-electron chi connectivity index (χ2n) is 3.95. The molecule has 0 unspecified atom stereocenters. The summed E-state index contributed by atoms with van der Waals surface area (Å²) in [6.07, 6.45) is 1.34. The summed E-state index contributed by atoms with van der Waals surface area (Å²) >= 11 is 6.63. The molecule has 1 aromatic carbocycles. The van der Waals surface area contributed by atoms with Crippen molar-refractivity contribution in [1.82, 2.24) is 9.78 Å². The van der Waals surface area contributed by atoms with Crippen LogP contribution in [0.5, 0.6) is 0 Å². The molecule has 8 heteroatoms. The molecule has 0 spiro atoms. The van der Waals surface area contributed by atoms with Crippen molar-refractivity contribution in [3.8, 4) is 0 Å². The number of aromatic nitrogens is 2. The van der Waals surface area contributed by atoms with E-state index in [1.165, 1.54) is 10.9 Å². The van der Waals surface area contributed by atoms with Crippen molar-refractivity contribution < 1.29 is 8.42 Å². The first kappa shape index (κ1) is 14.5. The van der Waals surface area contributed by atoms with Crippen LogP contribution < -0.4 is 4.72 Å². The van der Waals surface area contributed by atoms with Gasteiger partial charge in [0.15, 0.2) is 0 Å². The van der Waals surface area contributed by atoms with Crippen molar-refractivity contribution in [2.75, 3.05) is 4.72 Å². The first-order valence-corrected chi connectivity index (χ1v) is 8.34. The molecule has 0 amide bonds. The van der Waals surface area contributed by atoms with Crippen LogP contribution in [0.15, 0.2) is 38.2 Å². The van der Waals surface area contributed by atoms with E-state index in [2.05, 4.69) is 41.7 Å². The standard InChI is InChI=1S/C11H11Br2N3O2S/c1-7-11(6-14-16(7)2)19(17,18)15-10-4-3-8(12)5-9(10)13/h3-6,15H,1-2H3. The van der Waals surface area contributed by atoms with Gasteiger partial charge in [-0.05, 0) is 41.1 Å². The molecule has 0 aliphatic heterocycles. The SMILES string of the molecule is Cc1c(S(=O)(=O)Nc2ccc(Br)cc2Br)cnn1C. The quantitative estimate of drug-likeness (QED) is 0.848. The Balaban J connectivity index is 2.39. The van der Waals surface area contributed by atoms with Crippen LogP contribution in [0.25, 0.3) is 0 Å². The minimum absolute atomic E-state index is 0.171. The molecule has 1 heterocycles. The van der Waals surface area contributed by atoms with E-state index in [1.807, 2.05) is 0 Å². The fourth-order valence-electron chi connectivity index (χ4n) is 1.51. The van der Waals surface area contributed by atoms with Gasteiger partial charge in [0.1, 0.15) is 4.90 Å². The Morgan fingerprint density at radius 2 is 2.00 bits per heavy atom. The van der Waals surface area contributed by atoms with Gasteiger partial charge in [-0.15, -0.1) is 0 Å². The van der Waals surface area contributed by atoms with E-state index in [-0.39, 0.29) is 4.90 Å². The second kappa shape index (κ2) is 5.26. The smallest absolute Gasteiger partial charge is 0.265 e. The topological polar surface area (TPSA) is 64.0 Å². The van der Waals surface area contributed by atoms with E-state index < -0.39 is 10.0 Å². The Labute approximate surface area is 128 Å². The summed E-state index contributed by atoms with van der Waals surface area (Å²) in [5.74, 6) is 0. The Kier molecular flexibility index (Phi) is 4.03. The van der Waals surface area contributed by atoms with Gasteiger partial charge < -0.3 is 0 Å². The maximum atomic E-state index is 12.3. The predicted octanol–water partition coefficient (Wildman–Crippen LogP) is 3.05. The van der Waals surface area contributed by atoms with Crippen LogP contribution in [0.4, 0.5) is 5.69 Å². The molecular formula is C11H11Br2N3O2S. The van der Waals surface area contributed by atoms with Crippen LogP contribution in [0.3, 0.4) is 0 Å². The lowest BCUT2D eigenvalue weighted by Gasteiger charge is -2.09. The summed E-state index contributed by atoms with van der Waals surface area (Å²) in [5, 5.41) is 3.94. The zero-order chi connectivity index (χ0) is 14.2. The molecule has 2 rings (SSSR count). The zero-order valence-electron chi connectivity index (χ0n) is 10.2. The number of benzene rings is 1. The molecule has 2 aromatic rings. The van der Waals surface area contributed by atoms with Gasteiger partial charge in [-0.1, -0.05) is 15.9 Å². The second-order valence-corrected chi connectivity index (χ2v) is 7.37. The Hall–Kier alpha value is -0.860. The molecule has 1 N–H and O–H groups in total. The lowest BCUT2D eigenvalue weighted by atomic mass is 10.3. The molecule has 0 saturated carbocycles. The largest absolute Gasteiger partial charge is 0.278 e. The molecule has 1 aromatic heterocycles. The third kappa shape index (κ3) is 3.01. The normalized spacial score (nSPS) is 11.6. The van der Waals surface area contributed by atoms with Crippen molar-refractivity contribution in [3.63, 3.8) is 0 Å². The molecule has 0 atom stereocenters. The minimum Gasteiger partial charge on any atom is -0.278 e. The molecule has 0 saturated heterocycles. The first-order valence-electron chi connectivity index (χ1n) is 5.28. The van der Waals surface area contributed by atoms with Crippen LogP contribution in [0.1, 0.15) is 5.69 Å². The average molecular weight is 409 g/mol. The number of anilines is 1. The predicted molar refractivity (Wildman–Crippen MR) is 80.6 cm³/mol. The van der Waals surface area contributed by atoms with Gasteiger partial charge >= 0.3 is 0 Å². The van der Waals surface area contributed by atoms with Gasteiger partial charge in [0, 0.05) is 16.0 Å². The lowest BCUT2D eigenvalue weighted by molar-refractivity contribution is 0.600. The van der Waals surface area contributed by atoms with E-state index in [1.54, 1.807) is 32.2 Å². The molecule has 5 nitrogen and oxygen atoms in total. The highest BCUT2D eigenvalue weighted by molar-refractivity contribution is 9.11. The summed E-state index contributed by atoms with van der Waals surface area (Å²) in [5.41, 5.74) is 1.06. The third-order valence-corrected chi connectivity index (χ3v) is 5.27. The number of hydrogen-bond donors (Lipinski definition) is 1. The Morgan fingerprint density at radius 1 is 1.32 bits per heavy atom. The Morgan fingerprint density at radius 3 is 2.53 bits per heavy atom. The summed E-state index contributed by atoms with van der Waals surface area (Å²) in [7, 11) is -1.94. The van der Waals surface area contributed by atoms with E-state index in [0.717, 1.165) is 4.47 Å². The maximum absolute atomic E-state index is 12.3. The first-order chi connectivity index (χ1) is 8.81. The molecule has 19 heavy (non-hydrogen) atoms. The van der Waals surface area contributed by atoms with Gasteiger partial charge in [0.05, 0.1) is 17.6 Å². The number of nitrogens with one attached hydrogen (secondary N) is 1. The summed E-state index contributed by atoms with van der Waals surface area (Å²) in [4.78, 5) is 0.171. The molecular weight excluding hydrogens is 398 g/mol. The monoisotopic (exact) mass is 407 g/mol. The molecule has 0 aliphatic rings. The van der Waals surface area contributed by atoms with Crippen molar-refractivity contribution in [1.29, 1.82) is 0 Å². The number of rotatable bonds is 3. The molecule has 0 radical (unpaired) electrons. The number of nitrogens with zero attached hydrogens (tertiary/aromatic N) is 2. The molecule has 102 valence electrons. The van der Waals surface area contributed by atoms with Crippen molar-refractivity contribution >= 4 is 47.6 Å². The Bertz CT molecular complexity index is 726. The number of halogens is 2. The maximum Gasteiger partial charge on any atom is 0.265 e. The highest BCUT2D eigenvalue weighted by Crippen LogP contribution is 2.28. The van der Waals surface area contributed by atoms with E-state index in [0.29, 0.717) is 15.9 Å². The van der Waals surface area contributed by atoms with Gasteiger partial charge in [-0.25, -0.2) is 8.42 Å². The van der Waals surface area contributed by atoms with Crippen LogP contribution in [0, 0.1) is 6.92 Å². The summed E-state index contributed by atoms with van der Waals surface area (Å²) in [6.45, 7) is 1.71. The highest BCUT2D eigenvalue weighted by atomic mass is 79.9. The zero-order valence-corrected chi connectivity index (χ0v) is 14.2. The van der Waals surface area contributed by atoms with E-state index >= 15 is 0 Å². The number of hydrogen-bond acceptors (Lipinski definition) is 3. The van der Waals surface area contributed by atoms with Gasteiger partial charge in [0.25, 0.3) is 10.0 Å². The number of sulfonamides is 1. The summed E-state index contributed by atoms with van der Waals surface area (Å²) in [6, 6.07) is 5.21. The van der Waals surface area contributed by atoms with Gasteiger partial charge in [-0.2, -0.15) is 5.10 Å².